The molecule has 1 amide bonds. The fourth-order valence-electron chi connectivity index (χ4n) is 2.71. The van der Waals surface area contributed by atoms with Crippen molar-refractivity contribution in [2.75, 3.05) is 18.4 Å². The topological polar surface area (TPSA) is 92.9 Å². The molecule has 126 valence electrons. The Hall–Kier alpha value is -2.61. The number of halogens is 2. The molecule has 0 saturated carbocycles. The molecule has 4 N–H and O–H groups in total. The summed E-state index contributed by atoms with van der Waals surface area (Å²) in [5, 5.41) is 6.54. The van der Waals surface area contributed by atoms with E-state index in [9.17, 15) is 13.6 Å². The smallest absolute Gasteiger partial charge is 0.254 e. The monoisotopic (exact) mass is 333 g/mol. The minimum absolute atomic E-state index is 0.191. The summed E-state index contributed by atoms with van der Waals surface area (Å²) in [7, 11) is 0. The zero-order valence-electron chi connectivity index (χ0n) is 12.9. The maximum atomic E-state index is 13.9. The molecule has 8 heteroatoms. The molecule has 6 nitrogen and oxygen atoms in total. The van der Waals surface area contributed by atoms with E-state index in [-0.39, 0.29) is 11.6 Å². The van der Waals surface area contributed by atoms with Gasteiger partial charge < -0.3 is 16.4 Å². The Morgan fingerprint density at radius 3 is 2.50 bits per heavy atom. The van der Waals surface area contributed by atoms with E-state index in [1.165, 1.54) is 6.20 Å². The summed E-state index contributed by atoms with van der Waals surface area (Å²) in [6.45, 7) is 1.85. The van der Waals surface area contributed by atoms with E-state index in [0.29, 0.717) is 11.5 Å². The van der Waals surface area contributed by atoms with Crippen LogP contribution in [0.15, 0.2) is 24.5 Å². The van der Waals surface area contributed by atoms with Gasteiger partial charge in [-0.3, -0.25) is 9.78 Å². The van der Waals surface area contributed by atoms with Gasteiger partial charge in [-0.1, -0.05) is 0 Å². The third-order valence-corrected chi connectivity index (χ3v) is 3.91. The third kappa shape index (κ3) is 3.48. The second-order valence-corrected chi connectivity index (χ2v) is 5.64. The van der Waals surface area contributed by atoms with Gasteiger partial charge in [0.05, 0.1) is 18.1 Å². The molecule has 24 heavy (non-hydrogen) atoms. The SMILES string of the molecule is NC(=O)c1c(F)cc(-c2cncc(NC3CCNCC3)n2)cc1F. The standard InChI is InChI=1S/C16H17F2N5O/c17-11-5-9(6-12(18)15(11)16(19)24)13-7-21-8-14(23-13)22-10-1-3-20-4-2-10/h5-8,10,20H,1-4H2,(H2,19,24)(H,22,23). The Kier molecular flexibility index (Phi) is 4.66. The average Bonchev–Trinajstić information content (AvgIpc) is 2.55. The van der Waals surface area contributed by atoms with Gasteiger partial charge in [0, 0.05) is 11.6 Å². The molecule has 0 spiro atoms. The lowest BCUT2D eigenvalue weighted by Crippen LogP contribution is -2.35. The molecule has 0 unspecified atom stereocenters. The van der Waals surface area contributed by atoms with Gasteiger partial charge in [-0.15, -0.1) is 0 Å². The normalized spacial score (nSPS) is 15.2. The van der Waals surface area contributed by atoms with Crippen LogP contribution in [0.2, 0.25) is 0 Å². The van der Waals surface area contributed by atoms with E-state index in [1.807, 2.05) is 0 Å². The molecule has 1 saturated heterocycles. The Morgan fingerprint density at radius 1 is 1.21 bits per heavy atom. The summed E-state index contributed by atoms with van der Waals surface area (Å²) in [6, 6.07) is 2.34. The number of nitrogens with zero attached hydrogens (tertiary/aromatic N) is 2. The zero-order valence-corrected chi connectivity index (χ0v) is 12.9. The molecular formula is C16H17F2N5O. The first kappa shape index (κ1) is 16.3. The molecule has 1 aromatic carbocycles. The predicted octanol–water partition coefficient (Wildman–Crippen LogP) is 1.68. The van der Waals surface area contributed by atoms with E-state index in [0.717, 1.165) is 38.1 Å². The lowest BCUT2D eigenvalue weighted by atomic mass is 10.1. The minimum Gasteiger partial charge on any atom is -0.366 e. The van der Waals surface area contributed by atoms with Crippen molar-refractivity contribution >= 4 is 11.7 Å². The van der Waals surface area contributed by atoms with Crippen molar-refractivity contribution in [3.8, 4) is 11.3 Å². The van der Waals surface area contributed by atoms with E-state index >= 15 is 0 Å². The van der Waals surface area contributed by atoms with Crippen LogP contribution in [-0.2, 0) is 0 Å². The van der Waals surface area contributed by atoms with Crippen LogP contribution < -0.4 is 16.4 Å². The molecule has 0 aliphatic carbocycles. The second kappa shape index (κ2) is 6.88. The van der Waals surface area contributed by atoms with Crippen molar-refractivity contribution < 1.29 is 13.6 Å². The average molecular weight is 333 g/mol. The summed E-state index contributed by atoms with van der Waals surface area (Å²) in [5.41, 5.74) is 4.72. The maximum absolute atomic E-state index is 13.9. The number of hydrogen-bond acceptors (Lipinski definition) is 5. The number of benzene rings is 1. The first-order chi connectivity index (χ1) is 11.5. The number of primary amides is 1. The van der Waals surface area contributed by atoms with Crippen molar-refractivity contribution in [2.24, 2.45) is 5.73 Å². The molecule has 0 bridgehead atoms. The number of aromatic nitrogens is 2. The number of hydrogen-bond donors (Lipinski definition) is 3. The fraction of sp³-hybridized carbons (Fsp3) is 0.312. The van der Waals surface area contributed by atoms with Crippen molar-refractivity contribution in [1.82, 2.24) is 15.3 Å². The summed E-state index contributed by atoms with van der Waals surface area (Å²) < 4.78 is 27.8. The van der Waals surface area contributed by atoms with Gasteiger partial charge in [-0.25, -0.2) is 13.8 Å². The third-order valence-electron chi connectivity index (χ3n) is 3.91. The van der Waals surface area contributed by atoms with E-state index in [2.05, 4.69) is 20.6 Å². The highest BCUT2D eigenvalue weighted by molar-refractivity contribution is 5.93. The molecule has 2 aromatic rings. The Labute approximate surface area is 137 Å². The number of carbonyl (C=O) groups is 1. The lowest BCUT2D eigenvalue weighted by molar-refractivity contribution is 0.0992. The number of anilines is 1. The van der Waals surface area contributed by atoms with E-state index < -0.39 is 23.1 Å². The van der Waals surface area contributed by atoms with E-state index in [4.69, 9.17) is 5.73 Å². The molecule has 0 radical (unpaired) electrons. The molecule has 2 heterocycles. The number of piperidine rings is 1. The molecule has 1 aliphatic heterocycles. The van der Waals surface area contributed by atoms with Crippen molar-refractivity contribution in [2.45, 2.75) is 18.9 Å². The minimum atomic E-state index is -1.15. The maximum Gasteiger partial charge on any atom is 0.254 e. The number of nitrogens with one attached hydrogen (secondary N) is 2. The number of rotatable bonds is 4. The molecular weight excluding hydrogens is 316 g/mol. The quantitative estimate of drug-likeness (QED) is 0.792. The van der Waals surface area contributed by atoms with Crippen LogP contribution in [0, 0.1) is 11.6 Å². The Morgan fingerprint density at radius 2 is 1.88 bits per heavy atom. The van der Waals surface area contributed by atoms with Crippen molar-refractivity contribution in [3.63, 3.8) is 0 Å². The van der Waals surface area contributed by atoms with Gasteiger partial charge >= 0.3 is 0 Å². The fourth-order valence-corrected chi connectivity index (χ4v) is 2.71. The van der Waals surface area contributed by atoms with Crippen LogP contribution in [-0.4, -0.2) is 35.0 Å². The van der Waals surface area contributed by atoms with Crippen LogP contribution in [0.3, 0.4) is 0 Å². The van der Waals surface area contributed by atoms with Crippen LogP contribution in [0.5, 0.6) is 0 Å². The van der Waals surface area contributed by atoms with Gasteiger partial charge in [-0.2, -0.15) is 0 Å². The highest BCUT2D eigenvalue weighted by Gasteiger charge is 2.18. The van der Waals surface area contributed by atoms with Crippen LogP contribution in [0.25, 0.3) is 11.3 Å². The number of nitrogens with two attached hydrogens (primary N) is 1. The molecule has 1 aliphatic rings. The van der Waals surface area contributed by atoms with E-state index in [1.54, 1.807) is 6.20 Å². The Bertz CT molecular complexity index is 739. The van der Waals surface area contributed by atoms with Gasteiger partial charge in [0.1, 0.15) is 23.0 Å². The van der Waals surface area contributed by atoms with Gasteiger partial charge in [0.25, 0.3) is 5.91 Å². The zero-order chi connectivity index (χ0) is 17.1. The van der Waals surface area contributed by atoms with Crippen LogP contribution in [0.1, 0.15) is 23.2 Å². The Balaban J connectivity index is 1.87. The summed E-state index contributed by atoms with van der Waals surface area (Å²) in [4.78, 5) is 19.5. The highest BCUT2D eigenvalue weighted by Crippen LogP contribution is 2.23. The van der Waals surface area contributed by atoms with Crippen molar-refractivity contribution in [3.05, 3.63) is 41.7 Å². The van der Waals surface area contributed by atoms with Gasteiger partial charge in [0.15, 0.2) is 0 Å². The van der Waals surface area contributed by atoms with Crippen molar-refractivity contribution in [1.29, 1.82) is 0 Å². The predicted molar refractivity (Wildman–Crippen MR) is 85.4 cm³/mol. The molecule has 0 atom stereocenters. The van der Waals surface area contributed by atoms with Gasteiger partial charge in [0.2, 0.25) is 0 Å². The lowest BCUT2D eigenvalue weighted by Gasteiger charge is -2.24. The molecule has 1 aromatic heterocycles. The summed E-state index contributed by atoms with van der Waals surface area (Å²) >= 11 is 0. The molecule has 3 rings (SSSR count). The second-order valence-electron chi connectivity index (χ2n) is 5.64. The first-order valence-electron chi connectivity index (χ1n) is 7.63. The summed E-state index contributed by atoms with van der Waals surface area (Å²) in [6.07, 6.45) is 4.90. The first-order valence-corrected chi connectivity index (χ1v) is 7.63. The largest absolute Gasteiger partial charge is 0.366 e. The van der Waals surface area contributed by atoms with Gasteiger partial charge in [-0.05, 0) is 38.1 Å². The highest BCUT2D eigenvalue weighted by atomic mass is 19.1. The summed E-state index contributed by atoms with van der Waals surface area (Å²) in [5.74, 6) is -2.64. The number of carbonyl (C=O) groups excluding carboxylic acids is 1. The molecule has 1 fully saturated rings. The van der Waals surface area contributed by atoms with Crippen LogP contribution in [0.4, 0.5) is 14.6 Å². The number of amides is 1. The van der Waals surface area contributed by atoms with Crippen LogP contribution >= 0.6 is 0 Å².